The molecule has 5 nitrogen and oxygen atoms in total. The van der Waals surface area contributed by atoms with Crippen LogP contribution in [0.25, 0.3) is 0 Å². The van der Waals surface area contributed by atoms with Gasteiger partial charge in [0.25, 0.3) is 0 Å². The van der Waals surface area contributed by atoms with E-state index in [0.29, 0.717) is 0 Å². The molecule has 0 aliphatic heterocycles. The Hall–Kier alpha value is 0.0164. The molecule has 0 fully saturated rings. The second-order valence-electron chi connectivity index (χ2n) is 5.48. The first-order valence-corrected chi connectivity index (χ1v) is 22.0. The van der Waals surface area contributed by atoms with Gasteiger partial charge in [-0.1, -0.05) is 0 Å². The van der Waals surface area contributed by atoms with Gasteiger partial charge in [0.05, 0.1) is 11.5 Å². The summed E-state index contributed by atoms with van der Waals surface area (Å²) >= 11 is -0.900. The minimum atomic E-state index is -0.450. The maximum absolute atomic E-state index is 10.0. The van der Waals surface area contributed by atoms with Crippen molar-refractivity contribution in [3.63, 3.8) is 0 Å². The van der Waals surface area contributed by atoms with Gasteiger partial charge in [0.15, 0.2) is 11.6 Å². The fraction of sp³-hybridized carbons (Fsp3) is 0.625. The van der Waals surface area contributed by atoms with E-state index in [2.05, 4.69) is 29.2 Å². The predicted octanol–water partition coefficient (Wildman–Crippen LogP) is 3.99. The van der Waals surface area contributed by atoms with Crippen LogP contribution in [-0.4, -0.2) is 67.7 Å². The molecule has 0 unspecified atom stereocenters. The molecule has 0 heterocycles. The summed E-state index contributed by atoms with van der Waals surface area (Å²) in [7, 11) is 0. The van der Waals surface area contributed by atoms with Gasteiger partial charge in [-0.05, 0) is 27.7 Å². The summed E-state index contributed by atoms with van der Waals surface area (Å²) < 4.78 is 0. The molecule has 23 heavy (non-hydrogen) atoms. The molecule has 0 aromatic carbocycles. The molecule has 0 aromatic heterocycles. The van der Waals surface area contributed by atoms with Crippen molar-refractivity contribution in [2.75, 3.05) is 0 Å². The second kappa shape index (κ2) is 24.3. The van der Waals surface area contributed by atoms with Gasteiger partial charge < -0.3 is 15.7 Å². The fourth-order valence-corrected chi connectivity index (χ4v) is 0.588. The second-order valence-corrected chi connectivity index (χ2v) is 20.8. The van der Waals surface area contributed by atoms with Crippen molar-refractivity contribution in [3.05, 3.63) is 23.7 Å². The van der Waals surface area contributed by atoms with Gasteiger partial charge in [0.2, 0.25) is 0 Å². The van der Waals surface area contributed by atoms with E-state index in [1.54, 1.807) is 0 Å². The molecule has 0 aromatic rings. The van der Waals surface area contributed by atoms with Crippen molar-refractivity contribution in [1.82, 2.24) is 0 Å². The van der Waals surface area contributed by atoms with Crippen molar-refractivity contribution >= 4 is 52.0 Å². The number of allylic oxidation sites excluding steroid dienone is 4. The number of carbonyl (C=O) groups excluding carboxylic acids is 2. The molecule has 0 saturated heterocycles. The summed E-state index contributed by atoms with van der Waals surface area (Å²) in [6.07, 6.45) is 2.33. The van der Waals surface area contributed by atoms with Crippen LogP contribution in [0.2, 0.25) is 29.2 Å². The molecule has 0 saturated carbocycles. The third-order valence-corrected chi connectivity index (χ3v) is 0.824. The average Bonchev–Trinajstić information content (AvgIpc) is 2.10. The van der Waals surface area contributed by atoms with E-state index in [1.165, 1.54) is 39.8 Å². The molecule has 0 atom stereocenters. The van der Waals surface area contributed by atoms with Gasteiger partial charge in [0.1, 0.15) is 0 Å². The average molecular weight is 552 g/mol. The third-order valence-electron chi connectivity index (χ3n) is 0.824. The number of aliphatic hydroxyl groups excluding tert-OH is 2. The molecule has 140 valence electrons. The summed E-state index contributed by atoms with van der Waals surface area (Å²) in [5.74, 6) is -0.125. The summed E-state index contributed by atoms with van der Waals surface area (Å²) in [6, 6.07) is 0. The fourth-order valence-electron chi connectivity index (χ4n) is 0.588. The number of carbonyl (C=O) groups is 2. The number of hydrogen-bond acceptors (Lipinski definition) is 4. The van der Waals surface area contributed by atoms with E-state index < -0.39 is 40.4 Å². The van der Waals surface area contributed by atoms with E-state index in [9.17, 15) is 9.59 Å². The molecule has 0 rings (SSSR count). The van der Waals surface area contributed by atoms with Crippen LogP contribution in [0.4, 0.5) is 0 Å². The molecule has 0 bridgehead atoms. The normalized spacial score (nSPS) is 10.1. The Bertz CT molecular complexity index is 301. The SMILES string of the molecule is CC(=O)/C=C(/C)O.CC(=O)/C=C(\C)O.O.[CH3][Sb]([CH3])[CH3].[CH3][Sb]([CH3])[CH3]. The van der Waals surface area contributed by atoms with E-state index in [-0.39, 0.29) is 28.6 Å². The van der Waals surface area contributed by atoms with Crippen molar-refractivity contribution in [2.24, 2.45) is 0 Å². The molecule has 0 aliphatic rings. The van der Waals surface area contributed by atoms with Crippen LogP contribution in [-0.2, 0) is 9.59 Å². The Kier molecular flexibility index (Phi) is 36.3. The van der Waals surface area contributed by atoms with Crippen LogP contribution in [0.15, 0.2) is 23.7 Å². The van der Waals surface area contributed by atoms with Crippen LogP contribution in [0.3, 0.4) is 0 Å². The molecule has 0 aliphatic carbocycles. The molecule has 0 amide bonds. The first kappa shape index (κ1) is 34.4. The van der Waals surface area contributed by atoms with E-state index in [0.717, 1.165) is 0 Å². The van der Waals surface area contributed by atoms with Crippen molar-refractivity contribution in [1.29, 1.82) is 0 Å². The molecule has 0 spiro atoms. The number of hydrogen-bond donors (Lipinski definition) is 2. The Morgan fingerprint density at radius 3 is 0.783 bits per heavy atom. The third kappa shape index (κ3) is 137. The van der Waals surface area contributed by atoms with E-state index >= 15 is 0 Å². The summed E-state index contributed by atoms with van der Waals surface area (Å²) in [5.41, 5.74) is 0. The van der Waals surface area contributed by atoms with Gasteiger partial charge in [-0.25, -0.2) is 0 Å². The monoisotopic (exact) mass is 550 g/mol. The summed E-state index contributed by atoms with van der Waals surface area (Å²) in [4.78, 5) is 34.1. The molecular weight excluding hydrogens is 516 g/mol. The zero-order valence-electron chi connectivity index (χ0n) is 16.3. The van der Waals surface area contributed by atoms with Gasteiger partial charge in [-0.3, -0.25) is 9.59 Å². The van der Waals surface area contributed by atoms with Crippen molar-refractivity contribution in [3.8, 4) is 0 Å². The quantitative estimate of drug-likeness (QED) is 0.307. The van der Waals surface area contributed by atoms with E-state index in [4.69, 9.17) is 10.2 Å². The first-order chi connectivity index (χ1) is 9.72. The Morgan fingerprint density at radius 1 is 0.652 bits per heavy atom. The molecule has 0 radical (unpaired) electrons. The van der Waals surface area contributed by atoms with Gasteiger partial charge in [-0.15, -0.1) is 0 Å². The minimum absolute atomic E-state index is 0. The van der Waals surface area contributed by atoms with Gasteiger partial charge in [-0.2, -0.15) is 0 Å². The Labute approximate surface area is 157 Å². The molecule has 7 heteroatoms. The molecule has 4 N–H and O–H groups in total. The predicted molar refractivity (Wildman–Crippen MR) is 104 cm³/mol. The van der Waals surface area contributed by atoms with Gasteiger partial charge in [0, 0.05) is 12.2 Å². The van der Waals surface area contributed by atoms with Crippen LogP contribution in [0, 0.1) is 0 Å². The van der Waals surface area contributed by atoms with Crippen LogP contribution in [0.1, 0.15) is 27.7 Å². The van der Waals surface area contributed by atoms with Crippen LogP contribution >= 0.6 is 0 Å². The molecular formula is C16H36O5Sb2. The Balaban J connectivity index is -0.0000000639. The van der Waals surface area contributed by atoms with Gasteiger partial charge >= 0.3 is 69.6 Å². The van der Waals surface area contributed by atoms with Crippen molar-refractivity contribution < 1.29 is 25.3 Å². The number of rotatable bonds is 2. The standard InChI is InChI=1S/2C5H8O2.6CH3.H2O.2Sb/c2*1-4(6)3-5(2)7;;;;;;;;;/h2*3,6H,1-2H3;6*1H3;1H2;;/b4-3+;4-3-;;;;;;;;;. The van der Waals surface area contributed by atoms with E-state index in [1.807, 2.05) is 0 Å². The number of aliphatic hydroxyl groups is 2. The zero-order chi connectivity index (χ0) is 18.9. The van der Waals surface area contributed by atoms with Crippen LogP contribution in [0.5, 0.6) is 0 Å². The summed E-state index contributed by atoms with van der Waals surface area (Å²) in [5, 5.41) is 16.7. The summed E-state index contributed by atoms with van der Waals surface area (Å²) in [6.45, 7) is 5.70. The topological polar surface area (TPSA) is 106 Å². The zero-order valence-corrected chi connectivity index (χ0v) is 21.4. The Morgan fingerprint density at radius 2 is 0.783 bits per heavy atom. The van der Waals surface area contributed by atoms with Crippen LogP contribution < -0.4 is 0 Å². The number of ketones is 2. The maximum atomic E-state index is 10.0. The van der Waals surface area contributed by atoms with Crippen molar-refractivity contribution in [2.45, 2.75) is 56.9 Å². The first-order valence-electron chi connectivity index (χ1n) is 6.69.